The Hall–Kier alpha value is -3.12. The third kappa shape index (κ3) is 5.69. The van der Waals surface area contributed by atoms with Crippen molar-refractivity contribution in [2.24, 2.45) is 0 Å². The lowest BCUT2D eigenvalue weighted by Crippen LogP contribution is -2.32. The zero-order chi connectivity index (χ0) is 19.6. The second kappa shape index (κ2) is 10.1. The Morgan fingerprint density at radius 2 is 1.78 bits per heavy atom. The average molecular weight is 369 g/mol. The highest BCUT2D eigenvalue weighted by Crippen LogP contribution is 2.22. The summed E-state index contributed by atoms with van der Waals surface area (Å²) in [7, 11) is 2.86. The fourth-order valence-electron chi connectivity index (χ4n) is 2.53. The largest absolute Gasteiger partial charge is 0.465 e. The summed E-state index contributed by atoms with van der Waals surface area (Å²) < 4.78 is 15.4. The van der Waals surface area contributed by atoms with Crippen LogP contribution in [0, 0.1) is 0 Å². The number of carbonyl (C=O) groups excluding carboxylic acids is 2. The zero-order valence-electron chi connectivity index (χ0n) is 15.5. The summed E-state index contributed by atoms with van der Waals surface area (Å²) in [5, 5.41) is 0. The quantitative estimate of drug-likeness (QED) is 0.521. The maximum Gasteiger partial charge on any atom is 0.414 e. The summed E-state index contributed by atoms with van der Waals surface area (Å²) in [5.74, 6) is -0.495. The summed E-state index contributed by atoms with van der Waals surface area (Å²) in [4.78, 5) is 26.0. The highest BCUT2D eigenvalue weighted by Gasteiger charge is 2.19. The van der Waals surface area contributed by atoms with Crippen molar-refractivity contribution >= 4 is 17.7 Å². The third-order valence-electron chi connectivity index (χ3n) is 3.76. The number of methoxy groups -OCH3 is 2. The molecule has 1 amide bonds. The molecule has 0 radical (unpaired) electrons. The van der Waals surface area contributed by atoms with E-state index in [1.165, 1.54) is 12.0 Å². The molecule has 2 rings (SSSR count). The number of rotatable bonds is 8. The molecule has 0 spiro atoms. The molecule has 0 saturated heterocycles. The first-order valence-electron chi connectivity index (χ1n) is 8.39. The van der Waals surface area contributed by atoms with Gasteiger partial charge >= 0.3 is 12.1 Å². The lowest BCUT2D eigenvalue weighted by Gasteiger charge is -2.22. The van der Waals surface area contributed by atoms with Gasteiger partial charge in [0.1, 0.15) is 6.61 Å². The highest BCUT2D eigenvalue weighted by molar-refractivity contribution is 5.94. The number of hydrogen-bond donors (Lipinski definition) is 0. The number of nitrogens with zero attached hydrogens (tertiary/aromatic N) is 1. The third-order valence-corrected chi connectivity index (χ3v) is 3.76. The average Bonchev–Trinajstić information content (AvgIpc) is 2.70. The minimum absolute atomic E-state index is 0.148. The fourth-order valence-corrected chi connectivity index (χ4v) is 2.53. The van der Waals surface area contributed by atoms with Gasteiger partial charge in [0.2, 0.25) is 0 Å². The summed E-state index contributed by atoms with van der Waals surface area (Å²) in [6.07, 6.45) is 1.05. The molecule has 0 aliphatic rings. The molecule has 0 aromatic heterocycles. The fraction of sp³-hybridized carbons (Fsp3) is 0.238. The summed E-state index contributed by atoms with van der Waals surface area (Å²) in [6, 6.07) is 14.4. The van der Waals surface area contributed by atoms with Gasteiger partial charge in [0.05, 0.1) is 19.3 Å². The zero-order valence-corrected chi connectivity index (χ0v) is 15.5. The van der Waals surface area contributed by atoms with E-state index in [0.29, 0.717) is 17.9 Å². The molecule has 0 bridgehead atoms. The number of carbonyl (C=O) groups is 2. The van der Waals surface area contributed by atoms with Gasteiger partial charge in [-0.05, 0) is 29.3 Å². The van der Waals surface area contributed by atoms with Crippen LogP contribution in [0.25, 0.3) is 0 Å². The number of amides is 1. The second-order valence-corrected chi connectivity index (χ2v) is 5.75. The van der Waals surface area contributed by atoms with Crippen LogP contribution >= 0.6 is 0 Å². The topological polar surface area (TPSA) is 65.1 Å². The summed E-state index contributed by atoms with van der Waals surface area (Å²) >= 11 is 0. The smallest absolute Gasteiger partial charge is 0.414 e. The van der Waals surface area contributed by atoms with Crippen LogP contribution in [0.4, 0.5) is 10.5 Å². The summed E-state index contributed by atoms with van der Waals surface area (Å²) in [6.45, 7) is 4.36. The molecule has 2 aromatic carbocycles. The molecule has 2 aromatic rings. The van der Waals surface area contributed by atoms with E-state index in [9.17, 15) is 9.59 Å². The normalized spacial score (nSPS) is 10.1. The second-order valence-electron chi connectivity index (χ2n) is 5.75. The molecule has 0 saturated carbocycles. The molecule has 27 heavy (non-hydrogen) atoms. The Labute approximate surface area is 159 Å². The van der Waals surface area contributed by atoms with Crippen molar-refractivity contribution in [3.63, 3.8) is 0 Å². The molecule has 6 nitrogen and oxygen atoms in total. The Kier molecular flexibility index (Phi) is 7.58. The van der Waals surface area contributed by atoms with Crippen LogP contribution in [-0.4, -0.2) is 32.8 Å². The van der Waals surface area contributed by atoms with Crippen LogP contribution < -0.4 is 4.90 Å². The molecule has 0 atom stereocenters. The van der Waals surface area contributed by atoms with Crippen molar-refractivity contribution in [1.82, 2.24) is 0 Å². The van der Waals surface area contributed by atoms with E-state index >= 15 is 0 Å². The molecular formula is C21H23NO5. The predicted octanol–water partition coefficient (Wildman–Crippen LogP) is 3.95. The number of ether oxygens (including phenoxy) is 3. The van der Waals surface area contributed by atoms with E-state index in [1.807, 2.05) is 30.3 Å². The molecule has 0 heterocycles. The van der Waals surface area contributed by atoms with Gasteiger partial charge in [-0.1, -0.05) is 36.4 Å². The SMILES string of the molecule is C=CCN(C(=O)OCc1ccccc1)c1cc(COC)cc(C(=O)OC)c1. The van der Waals surface area contributed by atoms with Gasteiger partial charge in [-0.3, -0.25) is 4.90 Å². The minimum atomic E-state index is -0.538. The molecule has 0 unspecified atom stereocenters. The first kappa shape index (κ1) is 20.2. The number of anilines is 1. The van der Waals surface area contributed by atoms with Gasteiger partial charge in [-0.25, -0.2) is 9.59 Å². The van der Waals surface area contributed by atoms with Crippen LogP contribution in [0.3, 0.4) is 0 Å². The minimum Gasteiger partial charge on any atom is -0.465 e. The molecule has 0 aliphatic carbocycles. The predicted molar refractivity (Wildman–Crippen MR) is 103 cm³/mol. The van der Waals surface area contributed by atoms with Crippen LogP contribution in [0.2, 0.25) is 0 Å². The first-order chi connectivity index (χ1) is 13.1. The molecule has 142 valence electrons. The van der Waals surface area contributed by atoms with Crippen molar-refractivity contribution in [2.45, 2.75) is 13.2 Å². The standard InChI is InChI=1S/C21H23NO5/c1-4-10-22(21(24)27-15-16-8-6-5-7-9-16)19-12-17(14-25-2)11-18(13-19)20(23)26-3/h4-9,11-13H,1,10,14-15H2,2-3H3. The van der Waals surface area contributed by atoms with Gasteiger partial charge in [0, 0.05) is 19.3 Å². The van der Waals surface area contributed by atoms with Crippen molar-refractivity contribution in [1.29, 1.82) is 0 Å². The van der Waals surface area contributed by atoms with Gasteiger partial charge in [0.25, 0.3) is 0 Å². The van der Waals surface area contributed by atoms with Gasteiger partial charge in [-0.15, -0.1) is 6.58 Å². The van der Waals surface area contributed by atoms with E-state index in [1.54, 1.807) is 31.4 Å². The van der Waals surface area contributed by atoms with Gasteiger partial charge in [-0.2, -0.15) is 0 Å². The highest BCUT2D eigenvalue weighted by atomic mass is 16.6. The Bertz CT molecular complexity index is 788. The van der Waals surface area contributed by atoms with Crippen LogP contribution in [0.15, 0.2) is 61.2 Å². The lowest BCUT2D eigenvalue weighted by atomic mass is 10.1. The first-order valence-corrected chi connectivity index (χ1v) is 8.39. The molecule has 0 fully saturated rings. The van der Waals surface area contributed by atoms with E-state index in [0.717, 1.165) is 11.1 Å². The van der Waals surface area contributed by atoms with Crippen molar-refractivity contribution in [2.75, 3.05) is 25.7 Å². The maximum absolute atomic E-state index is 12.6. The van der Waals surface area contributed by atoms with E-state index in [-0.39, 0.29) is 13.2 Å². The van der Waals surface area contributed by atoms with Crippen LogP contribution in [0.1, 0.15) is 21.5 Å². The van der Waals surface area contributed by atoms with Gasteiger partial charge < -0.3 is 14.2 Å². The number of benzene rings is 2. The number of esters is 1. The van der Waals surface area contributed by atoms with E-state index in [4.69, 9.17) is 14.2 Å². The Morgan fingerprint density at radius 1 is 1.04 bits per heavy atom. The van der Waals surface area contributed by atoms with Crippen molar-refractivity contribution in [3.05, 3.63) is 77.9 Å². The maximum atomic E-state index is 12.6. The summed E-state index contributed by atoms with van der Waals surface area (Å²) in [5.41, 5.74) is 2.45. The van der Waals surface area contributed by atoms with Crippen molar-refractivity contribution in [3.8, 4) is 0 Å². The monoisotopic (exact) mass is 369 g/mol. The van der Waals surface area contributed by atoms with Crippen molar-refractivity contribution < 1.29 is 23.8 Å². The van der Waals surface area contributed by atoms with Crippen LogP contribution in [-0.2, 0) is 27.4 Å². The Balaban J connectivity index is 2.27. The van der Waals surface area contributed by atoms with E-state index in [2.05, 4.69) is 6.58 Å². The number of hydrogen-bond acceptors (Lipinski definition) is 5. The molecule has 0 N–H and O–H groups in total. The molecule has 0 aliphatic heterocycles. The van der Waals surface area contributed by atoms with Crippen LogP contribution in [0.5, 0.6) is 0 Å². The Morgan fingerprint density at radius 3 is 2.41 bits per heavy atom. The van der Waals surface area contributed by atoms with Gasteiger partial charge in [0.15, 0.2) is 0 Å². The molecule has 6 heteroatoms. The molecular weight excluding hydrogens is 346 g/mol. The lowest BCUT2D eigenvalue weighted by molar-refractivity contribution is 0.0600. The van der Waals surface area contributed by atoms with E-state index < -0.39 is 12.1 Å².